The Labute approximate surface area is 151 Å². The van der Waals surface area contributed by atoms with Crippen molar-refractivity contribution in [3.05, 3.63) is 59.3 Å². The second-order valence-corrected chi connectivity index (χ2v) is 6.07. The highest BCUT2D eigenvalue weighted by molar-refractivity contribution is 5.88. The second kappa shape index (κ2) is 7.97. The van der Waals surface area contributed by atoms with Crippen molar-refractivity contribution in [2.75, 3.05) is 7.11 Å². The maximum Gasteiger partial charge on any atom is 0.312 e. The molecule has 1 fully saturated rings. The van der Waals surface area contributed by atoms with Crippen LogP contribution in [0.3, 0.4) is 0 Å². The summed E-state index contributed by atoms with van der Waals surface area (Å²) < 4.78 is 10.5. The number of hydrogen-bond acceptors (Lipinski definition) is 6. The van der Waals surface area contributed by atoms with Crippen molar-refractivity contribution in [2.24, 2.45) is 5.92 Å². The molecule has 1 amide bonds. The highest BCUT2D eigenvalue weighted by Gasteiger charge is 2.39. The van der Waals surface area contributed by atoms with Gasteiger partial charge in [0.15, 0.2) is 0 Å². The van der Waals surface area contributed by atoms with Crippen molar-refractivity contribution in [3.63, 3.8) is 0 Å². The predicted octanol–water partition coefficient (Wildman–Crippen LogP) is 1.50. The molecule has 0 radical (unpaired) electrons. The molecule has 1 aromatic carbocycles. The molecule has 0 aliphatic carbocycles. The van der Waals surface area contributed by atoms with Gasteiger partial charge in [-0.05, 0) is 22.8 Å². The predicted molar refractivity (Wildman–Crippen MR) is 91.9 cm³/mol. The number of hydrogen-bond donors (Lipinski definition) is 2. The lowest BCUT2D eigenvalue weighted by Gasteiger charge is -2.18. The van der Waals surface area contributed by atoms with Crippen molar-refractivity contribution < 1.29 is 24.2 Å². The molecule has 2 heterocycles. The molecule has 1 aromatic heterocycles. The monoisotopic (exact) mass is 356 g/mol. The molecule has 7 nitrogen and oxygen atoms in total. The van der Waals surface area contributed by atoms with Gasteiger partial charge >= 0.3 is 5.97 Å². The Bertz CT molecular complexity index is 808. The minimum Gasteiger partial charge on any atom is -0.481 e. The van der Waals surface area contributed by atoms with Gasteiger partial charge in [0.05, 0.1) is 25.7 Å². The van der Waals surface area contributed by atoms with Gasteiger partial charge in [-0.2, -0.15) is 0 Å². The smallest absolute Gasteiger partial charge is 0.312 e. The number of amides is 1. The summed E-state index contributed by atoms with van der Waals surface area (Å²) in [5.41, 5.74) is 2.27. The van der Waals surface area contributed by atoms with Crippen LogP contribution in [0.25, 0.3) is 0 Å². The average molecular weight is 356 g/mol. The average Bonchev–Trinajstić information content (AvgIpc) is 3.08. The number of pyridine rings is 1. The van der Waals surface area contributed by atoms with Gasteiger partial charge in [0.25, 0.3) is 0 Å². The largest absolute Gasteiger partial charge is 0.481 e. The minimum atomic E-state index is -0.615. The molecular formula is C19H20N2O5. The minimum absolute atomic E-state index is 0.0742. The summed E-state index contributed by atoms with van der Waals surface area (Å²) in [7, 11) is 1.51. The number of ether oxygens (including phenoxy) is 2. The van der Waals surface area contributed by atoms with E-state index in [1.165, 1.54) is 7.11 Å². The van der Waals surface area contributed by atoms with E-state index < -0.39 is 17.9 Å². The molecule has 0 saturated carbocycles. The number of aromatic nitrogens is 1. The van der Waals surface area contributed by atoms with E-state index in [9.17, 15) is 14.7 Å². The number of carbonyl (C=O) groups is 2. The third kappa shape index (κ3) is 4.00. The quantitative estimate of drug-likeness (QED) is 0.762. The number of methoxy groups -OCH3 is 1. The Morgan fingerprint density at radius 2 is 2.12 bits per heavy atom. The first-order chi connectivity index (χ1) is 12.6. The first-order valence-corrected chi connectivity index (χ1v) is 8.25. The van der Waals surface area contributed by atoms with Gasteiger partial charge in [0.1, 0.15) is 6.61 Å². The van der Waals surface area contributed by atoms with E-state index in [2.05, 4.69) is 10.3 Å². The summed E-state index contributed by atoms with van der Waals surface area (Å²) in [5, 5.41) is 12.0. The molecule has 2 atom stereocenters. The molecule has 26 heavy (non-hydrogen) atoms. The number of carbonyl (C=O) groups excluding carboxylic acids is 2. The van der Waals surface area contributed by atoms with E-state index in [0.717, 1.165) is 16.7 Å². The number of nitrogens with one attached hydrogen (secondary N) is 1. The molecule has 1 aliphatic heterocycles. The fraction of sp³-hybridized carbons (Fsp3) is 0.316. The van der Waals surface area contributed by atoms with E-state index in [0.29, 0.717) is 5.88 Å². The van der Waals surface area contributed by atoms with Gasteiger partial charge in [-0.1, -0.05) is 24.3 Å². The Balaban J connectivity index is 1.71. The van der Waals surface area contributed by atoms with Crippen molar-refractivity contribution in [1.82, 2.24) is 10.3 Å². The van der Waals surface area contributed by atoms with Crippen molar-refractivity contribution >= 4 is 11.9 Å². The molecule has 3 rings (SSSR count). The topological polar surface area (TPSA) is 97.8 Å². The van der Waals surface area contributed by atoms with E-state index >= 15 is 0 Å². The lowest BCUT2D eigenvalue weighted by molar-refractivity contribution is -0.150. The van der Waals surface area contributed by atoms with Crippen LogP contribution in [-0.4, -0.2) is 29.1 Å². The van der Waals surface area contributed by atoms with Crippen molar-refractivity contribution in [3.8, 4) is 5.88 Å². The van der Waals surface area contributed by atoms with E-state index in [4.69, 9.17) is 9.47 Å². The maximum absolute atomic E-state index is 12.5. The molecule has 1 aliphatic rings. The summed E-state index contributed by atoms with van der Waals surface area (Å²) in [4.78, 5) is 28.4. The van der Waals surface area contributed by atoms with Gasteiger partial charge in [-0.15, -0.1) is 0 Å². The summed E-state index contributed by atoms with van der Waals surface area (Å²) in [6.07, 6.45) is 1.65. The third-order valence-corrected chi connectivity index (χ3v) is 4.31. The Morgan fingerprint density at radius 1 is 1.31 bits per heavy atom. The Kier molecular flexibility index (Phi) is 5.48. The summed E-state index contributed by atoms with van der Waals surface area (Å²) in [5.74, 6) is -0.847. The fourth-order valence-corrected chi connectivity index (χ4v) is 2.99. The molecule has 1 unspecified atom stereocenters. The summed E-state index contributed by atoms with van der Waals surface area (Å²) in [6, 6.07) is 10.1. The molecule has 2 aromatic rings. The number of aliphatic hydroxyl groups is 1. The van der Waals surface area contributed by atoms with Crippen LogP contribution in [0.1, 0.15) is 29.2 Å². The molecule has 7 heteroatoms. The van der Waals surface area contributed by atoms with Crippen LogP contribution < -0.4 is 10.1 Å². The van der Waals surface area contributed by atoms with Crippen LogP contribution in [0.15, 0.2) is 42.6 Å². The zero-order valence-electron chi connectivity index (χ0n) is 14.3. The zero-order chi connectivity index (χ0) is 18.5. The zero-order valence-corrected chi connectivity index (χ0v) is 14.3. The third-order valence-electron chi connectivity index (χ3n) is 4.31. The van der Waals surface area contributed by atoms with Gasteiger partial charge in [-0.3, -0.25) is 9.59 Å². The van der Waals surface area contributed by atoms with Gasteiger partial charge < -0.3 is 19.9 Å². The second-order valence-electron chi connectivity index (χ2n) is 6.07. The Hall–Kier alpha value is -2.93. The number of rotatable bonds is 6. The van der Waals surface area contributed by atoms with Gasteiger partial charge in [-0.25, -0.2) is 4.98 Å². The molecule has 2 N–H and O–H groups in total. The molecule has 0 spiro atoms. The van der Waals surface area contributed by atoms with Crippen LogP contribution >= 0.6 is 0 Å². The number of benzene rings is 1. The van der Waals surface area contributed by atoms with Gasteiger partial charge in [0.2, 0.25) is 11.8 Å². The molecule has 1 saturated heterocycles. The Morgan fingerprint density at radius 3 is 2.88 bits per heavy atom. The van der Waals surface area contributed by atoms with Crippen molar-refractivity contribution in [2.45, 2.75) is 25.7 Å². The van der Waals surface area contributed by atoms with Crippen LogP contribution in [0.4, 0.5) is 0 Å². The van der Waals surface area contributed by atoms with E-state index in [-0.39, 0.29) is 25.5 Å². The molecular weight excluding hydrogens is 336 g/mol. The highest BCUT2D eigenvalue weighted by Crippen LogP contribution is 2.32. The van der Waals surface area contributed by atoms with Crippen LogP contribution in [0.2, 0.25) is 0 Å². The van der Waals surface area contributed by atoms with Crippen LogP contribution in [-0.2, 0) is 27.5 Å². The fourth-order valence-electron chi connectivity index (χ4n) is 2.99. The first-order valence-electron chi connectivity index (χ1n) is 8.25. The van der Waals surface area contributed by atoms with Crippen LogP contribution in [0.5, 0.6) is 5.88 Å². The normalized spacial score (nSPS) is 19.1. The number of nitrogens with zero attached hydrogens (tertiary/aromatic N) is 1. The lowest BCUT2D eigenvalue weighted by Crippen LogP contribution is -2.26. The summed E-state index contributed by atoms with van der Waals surface area (Å²) >= 11 is 0. The molecule has 136 valence electrons. The van der Waals surface area contributed by atoms with E-state index in [1.807, 2.05) is 6.07 Å². The standard InChI is InChI=1S/C19H20N2O5/c1-25-17-8-14(5-6-20-17)18-15(9-16(23)21-18)19(24)26-11-13-4-2-3-12(7-13)10-22/h2-8,15,18,22H,9-11H2,1H3,(H,21,23)/t15-,18?/m0/s1. The first kappa shape index (κ1) is 17.9. The van der Waals surface area contributed by atoms with Crippen molar-refractivity contribution in [1.29, 1.82) is 0 Å². The lowest BCUT2D eigenvalue weighted by atomic mass is 9.95. The van der Waals surface area contributed by atoms with E-state index in [1.54, 1.807) is 36.5 Å². The highest BCUT2D eigenvalue weighted by atomic mass is 16.5. The summed E-state index contributed by atoms with van der Waals surface area (Å²) in [6.45, 7) is 0.0124. The number of esters is 1. The molecule has 0 bridgehead atoms. The SMILES string of the molecule is COc1cc(C2NC(=O)C[C@@H]2C(=O)OCc2cccc(CO)c2)ccn1. The van der Waals surface area contributed by atoms with Crippen LogP contribution in [0, 0.1) is 5.92 Å². The van der Waals surface area contributed by atoms with Gasteiger partial charge in [0, 0.05) is 18.7 Å². The maximum atomic E-state index is 12.5. The number of aliphatic hydroxyl groups excluding tert-OH is 1.